The van der Waals surface area contributed by atoms with E-state index in [0.717, 1.165) is 5.69 Å². The van der Waals surface area contributed by atoms with E-state index in [1.807, 2.05) is 0 Å². The van der Waals surface area contributed by atoms with Gasteiger partial charge in [-0.25, -0.2) is 0 Å². The van der Waals surface area contributed by atoms with Gasteiger partial charge in [0.1, 0.15) is 0 Å². The topological polar surface area (TPSA) is 98.9 Å². The Labute approximate surface area is 140 Å². The highest BCUT2D eigenvalue weighted by Gasteiger charge is 2.12. The van der Waals surface area contributed by atoms with E-state index < -0.39 is 11.8 Å². The summed E-state index contributed by atoms with van der Waals surface area (Å²) in [7, 11) is 0. The summed E-state index contributed by atoms with van der Waals surface area (Å²) >= 11 is 8.22. The number of hydrogen-bond acceptors (Lipinski definition) is 4. The molecule has 0 unspecified atom stereocenters. The van der Waals surface area contributed by atoms with Crippen molar-refractivity contribution in [2.45, 2.75) is 6.92 Å². The number of aromatic nitrogens is 2. The Bertz CT molecular complexity index is 731. The minimum atomic E-state index is -0.471. The fourth-order valence-electron chi connectivity index (χ4n) is 1.56. The van der Waals surface area contributed by atoms with Gasteiger partial charge in [-0.1, -0.05) is 12.1 Å². The molecule has 0 aliphatic rings. The van der Waals surface area contributed by atoms with Crippen molar-refractivity contribution in [2.24, 2.45) is 0 Å². The van der Waals surface area contributed by atoms with Crippen LogP contribution in [0.1, 0.15) is 26.5 Å². The molecule has 2 amide bonds. The Hall–Kier alpha value is -2.26. The molecule has 0 saturated carbocycles. The summed E-state index contributed by atoms with van der Waals surface area (Å²) in [5.74, 6) is -0.864. The van der Waals surface area contributed by atoms with E-state index in [2.05, 4.69) is 42.3 Å². The van der Waals surface area contributed by atoms with Crippen LogP contribution in [-0.2, 0) is 0 Å². The zero-order valence-electron chi connectivity index (χ0n) is 11.4. The number of aromatic amines is 1. The maximum Gasteiger partial charge on any atom is 0.290 e. The molecule has 2 aromatic rings. The van der Waals surface area contributed by atoms with Crippen molar-refractivity contribution in [3.8, 4) is 0 Å². The minimum Gasteiger partial charge on any atom is -0.298 e. The lowest BCUT2D eigenvalue weighted by atomic mass is 10.2. The second kappa shape index (κ2) is 7.14. The molecular weight excluding hydrogens is 370 g/mol. The first kappa shape index (κ1) is 16.1. The van der Waals surface area contributed by atoms with Gasteiger partial charge in [-0.2, -0.15) is 5.10 Å². The van der Waals surface area contributed by atoms with E-state index in [1.165, 1.54) is 0 Å². The SMILES string of the molecule is Cc1cc(C(=O)NNC(=S)NC(=O)c2ccccc2Br)n[nH]1. The summed E-state index contributed by atoms with van der Waals surface area (Å²) in [6.07, 6.45) is 0. The third kappa shape index (κ3) is 4.12. The molecular formula is C13H12BrN5O2S. The highest BCUT2D eigenvalue weighted by molar-refractivity contribution is 9.10. The fraction of sp³-hybridized carbons (Fsp3) is 0.0769. The average molecular weight is 382 g/mol. The molecule has 0 saturated heterocycles. The second-order valence-electron chi connectivity index (χ2n) is 4.28. The lowest BCUT2D eigenvalue weighted by Crippen LogP contribution is -2.48. The number of nitrogens with one attached hydrogen (secondary N) is 4. The molecule has 0 bridgehead atoms. The molecule has 0 spiro atoms. The van der Waals surface area contributed by atoms with Crippen LogP contribution < -0.4 is 16.2 Å². The maximum atomic E-state index is 12.0. The molecule has 4 N–H and O–H groups in total. The standard InChI is InChI=1S/C13H12BrN5O2S/c1-7-6-10(17-16-7)12(21)18-19-13(22)15-11(20)8-4-2-3-5-9(8)14/h2-6H,1H3,(H,16,17)(H,18,21)(H2,15,19,20,22). The van der Waals surface area contributed by atoms with Crippen LogP contribution in [0.15, 0.2) is 34.8 Å². The third-order valence-electron chi connectivity index (χ3n) is 2.57. The monoisotopic (exact) mass is 381 g/mol. The van der Waals surface area contributed by atoms with Crippen molar-refractivity contribution < 1.29 is 9.59 Å². The lowest BCUT2D eigenvalue weighted by molar-refractivity contribution is 0.0930. The van der Waals surface area contributed by atoms with Gasteiger partial charge in [0.2, 0.25) is 0 Å². The van der Waals surface area contributed by atoms with Crippen LogP contribution in [-0.4, -0.2) is 27.1 Å². The molecule has 1 aromatic heterocycles. The Balaban J connectivity index is 1.87. The molecule has 0 radical (unpaired) electrons. The van der Waals surface area contributed by atoms with E-state index >= 15 is 0 Å². The number of H-pyrrole nitrogens is 1. The van der Waals surface area contributed by atoms with Gasteiger partial charge in [0.15, 0.2) is 10.8 Å². The summed E-state index contributed by atoms with van der Waals surface area (Å²) in [5, 5.41) is 8.88. The van der Waals surface area contributed by atoms with Gasteiger partial charge < -0.3 is 0 Å². The summed E-state index contributed by atoms with van der Waals surface area (Å²) in [5.41, 5.74) is 6.19. The number of halogens is 1. The minimum absolute atomic E-state index is 0.0265. The molecule has 9 heteroatoms. The smallest absolute Gasteiger partial charge is 0.290 e. The molecule has 1 heterocycles. The van der Waals surface area contributed by atoms with Crippen molar-refractivity contribution in [1.82, 2.24) is 26.4 Å². The molecule has 7 nitrogen and oxygen atoms in total. The number of nitrogens with zero attached hydrogens (tertiary/aromatic N) is 1. The highest BCUT2D eigenvalue weighted by Crippen LogP contribution is 2.15. The summed E-state index contributed by atoms with van der Waals surface area (Å²) in [4.78, 5) is 23.7. The van der Waals surface area contributed by atoms with Gasteiger partial charge >= 0.3 is 0 Å². The van der Waals surface area contributed by atoms with Gasteiger partial charge in [-0.15, -0.1) is 0 Å². The Kier molecular flexibility index (Phi) is 5.23. The molecule has 0 aliphatic carbocycles. The normalized spacial score (nSPS) is 9.91. The maximum absolute atomic E-state index is 12.0. The summed E-state index contributed by atoms with van der Waals surface area (Å²) in [6.45, 7) is 1.78. The molecule has 1 aromatic carbocycles. The highest BCUT2D eigenvalue weighted by atomic mass is 79.9. The number of hydrazine groups is 1. The van der Waals surface area contributed by atoms with Gasteiger partial charge in [0.25, 0.3) is 11.8 Å². The molecule has 0 atom stereocenters. The van der Waals surface area contributed by atoms with Crippen LogP contribution in [0.25, 0.3) is 0 Å². The van der Waals surface area contributed by atoms with Crippen molar-refractivity contribution >= 4 is 45.1 Å². The van der Waals surface area contributed by atoms with Crippen LogP contribution >= 0.6 is 28.1 Å². The Morgan fingerprint density at radius 3 is 2.59 bits per heavy atom. The van der Waals surface area contributed by atoms with Gasteiger partial charge in [0, 0.05) is 10.2 Å². The van der Waals surface area contributed by atoms with Crippen LogP contribution in [0.5, 0.6) is 0 Å². The van der Waals surface area contributed by atoms with Crippen molar-refractivity contribution in [3.63, 3.8) is 0 Å². The summed E-state index contributed by atoms with van der Waals surface area (Å²) in [6, 6.07) is 8.50. The number of aryl methyl sites for hydroxylation is 1. The molecule has 114 valence electrons. The number of rotatable bonds is 2. The van der Waals surface area contributed by atoms with Crippen molar-refractivity contribution in [1.29, 1.82) is 0 Å². The zero-order valence-corrected chi connectivity index (χ0v) is 13.8. The molecule has 0 aliphatic heterocycles. The van der Waals surface area contributed by atoms with Crippen LogP contribution in [0.2, 0.25) is 0 Å². The lowest BCUT2D eigenvalue weighted by Gasteiger charge is -2.10. The average Bonchev–Trinajstić information content (AvgIpc) is 2.91. The first-order valence-corrected chi connectivity index (χ1v) is 7.35. The number of thiocarbonyl (C=S) groups is 1. The van der Waals surface area contributed by atoms with Gasteiger partial charge in [-0.05, 0) is 53.3 Å². The molecule has 22 heavy (non-hydrogen) atoms. The summed E-state index contributed by atoms with van der Waals surface area (Å²) < 4.78 is 0.645. The Morgan fingerprint density at radius 2 is 1.95 bits per heavy atom. The van der Waals surface area contributed by atoms with Crippen LogP contribution in [0.3, 0.4) is 0 Å². The van der Waals surface area contributed by atoms with Crippen LogP contribution in [0.4, 0.5) is 0 Å². The van der Waals surface area contributed by atoms with E-state index in [9.17, 15) is 9.59 Å². The second-order valence-corrected chi connectivity index (χ2v) is 5.54. The predicted octanol–water partition coefficient (Wildman–Crippen LogP) is 1.43. The predicted molar refractivity (Wildman–Crippen MR) is 88.1 cm³/mol. The van der Waals surface area contributed by atoms with Crippen LogP contribution in [0, 0.1) is 6.92 Å². The fourth-order valence-corrected chi connectivity index (χ4v) is 2.17. The number of carbonyl (C=O) groups excluding carboxylic acids is 2. The van der Waals surface area contributed by atoms with E-state index in [-0.39, 0.29) is 10.8 Å². The third-order valence-corrected chi connectivity index (χ3v) is 3.47. The zero-order chi connectivity index (χ0) is 16.1. The van der Waals surface area contributed by atoms with Gasteiger partial charge in [0.05, 0.1) is 5.56 Å². The quantitative estimate of drug-likeness (QED) is 0.465. The largest absolute Gasteiger partial charge is 0.298 e. The van der Waals surface area contributed by atoms with E-state index in [4.69, 9.17) is 12.2 Å². The molecule has 2 rings (SSSR count). The van der Waals surface area contributed by atoms with Crippen molar-refractivity contribution in [2.75, 3.05) is 0 Å². The molecule has 0 fully saturated rings. The Morgan fingerprint density at radius 1 is 1.23 bits per heavy atom. The first-order valence-electron chi connectivity index (χ1n) is 6.15. The number of benzene rings is 1. The van der Waals surface area contributed by atoms with Gasteiger partial charge in [-0.3, -0.25) is 30.9 Å². The number of carbonyl (C=O) groups is 2. The number of hydrogen-bond donors (Lipinski definition) is 4. The van der Waals surface area contributed by atoms with E-state index in [0.29, 0.717) is 10.0 Å². The van der Waals surface area contributed by atoms with Crippen molar-refractivity contribution in [3.05, 3.63) is 51.8 Å². The number of amides is 2. The van der Waals surface area contributed by atoms with E-state index in [1.54, 1.807) is 37.3 Å². The first-order chi connectivity index (χ1) is 10.5.